The molecule has 2 rings (SSSR count). The Morgan fingerprint density at radius 3 is 2.57 bits per heavy atom. The predicted octanol–water partition coefficient (Wildman–Crippen LogP) is 3.39. The predicted molar refractivity (Wildman–Crippen MR) is 80.8 cm³/mol. The highest BCUT2D eigenvalue weighted by Crippen LogP contribution is 2.45. The largest absolute Gasteiger partial charge is 0.497 e. The zero-order valence-corrected chi connectivity index (χ0v) is 13.0. The number of hydrogen-bond acceptors (Lipinski definition) is 3. The molecule has 0 spiro atoms. The fraction of sp³-hybridized carbons (Fsp3) is 0.588. The molecule has 0 amide bonds. The summed E-state index contributed by atoms with van der Waals surface area (Å²) in [6.45, 7) is 4.76. The van der Waals surface area contributed by atoms with Crippen LogP contribution in [-0.2, 0) is 14.9 Å². The van der Waals surface area contributed by atoms with Crippen molar-refractivity contribution in [1.82, 2.24) is 0 Å². The van der Waals surface area contributed by atoms with Crippen molar-refractivity contribution in [3.63, 3.8) is 0 Å². The molecule has 1 aromatic carbocycles. The lowest BCUT2D eigenvalue weighted by atomic mass is 9.66. The van der Waals surface area contributed by atoms with Crippen molar-refractivity contribution >= 4 is 5.97 Å². The van der Waals surface area contributed by atoms with Gasteiger partial charge in [-0.05, 0) is 43.9 Å². The van der Waals surface area contributed by atoms with Crippen molar-refractivity contribution in [3.05, 3.63) is 29.8 Å². The van der Waals surface area contributed by atoms with Gasteiger partial charge >= 0.3 is 5.97 Å². The van der Waals surface area contributed by atoms with E-state index in [0.29, 0.717) is 6.61 Å². The summed E-state index contributed by atoms with van der Waals surface area (Å²) in [4.78, 5) is 11.4. The Balaban J connectivity index is 2.38. The molecule has 1 N–H and O–H groups in total. The van der Waals surface area contributed by atoms with Gasteiger partial charge in [0.2, 0.25) is 0 Å². The Bertz CT molecular complexity index is 496. The summed E-state index contributed by atoms with van der Waals surface area (Å²) in [6.07, 6.45) is 2.49. The number of carbonyl (C=O) groups is 1. The lowest BCUT2D eigenvalue weighted by Gasteiger charge is -2.46. The van der Waals surface area contributed by atoms with Gasteiger partial charge in [0.1, 0.15) is 5.75 Å². The van der Waals surface area contributed by atoms with Gasteiger partial charge in [0.15, 0.2) is 0 Å². The minimum atomic E-state index is -0.758. The number of carboxylic acid groups (broad SMARTS) is 1. The number of benzene rings is 1. The lowest BCUT2D eigenvalue weighted by molar-refractivity contribution is -0.143. The van der Waals surface area contributed by atoms with Crippen LogP contribution in [0.4, 0.5) is 0 Å². The first-order valence-electron chi connectivity index (χ1n) is 7.43. The van der Waals surface area contributed by atoms with Crippen molar-refractivity contribution in [3.8, 4) is 5.75 Å². The maximum absolute atomic E-state index is 11.4. The second-order valence-corrected chi connectivity index (χ2v) is 6.16. The normalized spacial score (nSPS) is 29.1. The van der Waals surface area contributed by atoms with Gasteiger partial charge in [-0.25, -0.2) is 0 Å². The maximum atomic E-state index is 11.4. The summed E-state index contributed by atoms with van der Waals surface area (Å²) < 4.78 is 11.1. The van der Waals surface area contributed by atoms with Crippen molar-refractivity contribution in [1.29, 1.82) is 0 Å². The molecule has 1 aliphatic rings. The average Bonchev–Trinajstić information content (AvgIpc) is 2.47. The van der Waals surface area contributed by atoms with Crippen molar-refractivity contribution in [2.75, 3.05) is 13.7 Å². The third-order valence-corrected chi connectivity index (χ3v) is 4.68. The van der Waals surface area contributed by atoms with E-state index in [9.17, 15) is 9.90 Å². The van der Waals surface area contributed by atoms with Crippen LogP contribution in [0.2, 0.25) is 0 Å². The molecular weight excluding hydrogens is 268 g/mol. The van der Waals surface area contributed by atoms with Gasteiger partial charge in [-0.15, -0.1) is 0 Å². The van der Waals surface area contributed by atoms with Gasteiger partial charge in [-0.2, -0.15) is 0 Å². The number of hydrogen-bond donors (Lipinski definition) is 1. The van der Waals surface area contributed by atoms with Crippen LogP contribution in [0.1, 0.15) is 45.1 Å². The Morgan fingerprint density at radius 2 is 2.05 bits per heavy atom. The number of aliphatic carboxylic acids is 1. The van der Waals surface area contributed by atoms with E-state index < -0.39 is 5.97 Å². The van der Waals surface area contributed by atoms with E-state index in [4.69, 9.17) is 9.47 Å². The summed E-state index contributed by atoms with van der Waals surface area (Å²) in [5.74, 6) is 0.0284. The van der Waals surface area contributed by atoms with Crippen LogP contribution in [0.15, 0.2) is 24.3 Å². The molecule has 116 valence electrons. The summed E-state index contributed by atoms with van der Waals surface area (Å²) in [6, 6.07) is 7.78. The molecule has 1 heterocycles. The molecule has 0 aliphatic carbocycles. The highest BCUT2D eigenvalue weighted by atomic mass is 16.5. The molecule has 1 aromatic rings. The zero-order chi connectivity index (χ0) is 15.5. The lowest BCUT2D eigenvalue weighted by Crippen LogP contribution is -2.46. The average molecular weight is 292 g/mol. The number of rotatable bonds is 5. The van der Waals surface area contributed by atoms with Crippen LogP contribution in [0, 0.1) is 0 Å². The molecule has 0 aromatic heterocycles. The van der Waals surface area contributed by atoms with Crippen LogP contribution < -0.4 is 4.74 Å². The molecule has 0 bridgehead atoms. The standard InChI is InChI=1S/C17H24O4/c1-4-16(2)12-17(9-10-21-16,11-15(18)19)13-5-7-14(20-3)8-6-13/h5-8H,4,9-12H2,1-3H3,(H,18,19)/t16-,17-/m1/s1. The fourth-order valence-electron chi connectivity index (χ4n) is 3.31. The Hall–Kier alpha value is -1.55. The van der Waals surface area contributed by atoms with Gasteiger partial charge in [-0.3, -0.25) is 4.79 Å². The van der Waals surface area contributed by atoms with E-state index in [0.717, 1.165) is 30.6 Å². The minimum absolute atomic E-state index is 0.137. The van der Waals surface area contributed by atoms with Gasteiger partial charge in [0, 0.05) is 12.0 Å². The maximum Gasteiger partial charge on any atom is 0.304 e. The number of carboxylic acids is 1. The van der Waals surface area contributed by atoms with Crippen LogP contribution >= 0.6 is 0 Å². The summed E-state index contributed by atoms with van der Waals surface area (Å²) in [5.41, 5.74) is 0.447. The zero-order valence-electron chi connectivity index (χ0n) is 13.0. The molecule has 0 radical (unpaired) electrons. The summed E-state index contributed by atoms with van der Waals surface area (Å²) >= 11 is 0. The molecular formula is C17H24O4. The molecule has 0 saturated carbocycles. The smallest absolute Gasteiger partial charge is 0.304 e. The van der Waals surface area contributed by atoms with Crippen LogP contribution in [0.5, 0.6) is 5.75 Å². The monoisotopic (exact) mass is 292 g/mol. The molecule has 4 heteroatoms. The van der Waals surface area contributed by atoms with E-state index in [1.54, 1.807) is 7.11 Å². The van der Waals surface area contributed by atoms with Crippen LogP contribution in [-0.4, -0.2) is 30.4 Å². The third kappa shape index (κ3) is 3.38. The van der Waals surface area contributed by atoms with Crippen molar-refractivity contribution in [2.24, 2.45) is 0 Å². The molecule has 21 heavy (non-hydrogen) atoms. The number of methoxy groups -OCH3 is 1. The highest BCUT2D eigenvalue weighted by Gasteiger charge is 2.44. The van der Waals surface area contributed by atoms with Crippen LogP contribution in [0.25, 0.3) is 0 Å². The van der Waals surface area contributed by atoms with E-state index in [-0.39, 0.29) is 17.4 Å². The second kappa shape index (κ2) is 6.06. The molecule has 2 atom stereocenters. The Labute approximate surface area is 126 Å². The SMILES string of the molecule is CC[C@]1(C)C[C@@](CC(=O)O)(c2ccc(OC)cc2)CCO1. The number of ether oxygens (including phenoxy) is 2. The Kier molecular flexibility index (Phi) is 4.57. The van der Waals surface area contributed by atoms with Gasteiger partial charge in [0.05, 0.1) is 19.1 Å². The highest BCUT2D eigenvalue weighted by molar-refractivity contribution is 5.69. The second-order valence-electron chi connectivity index (χ2n) is 6.16. The third-order valence-electron chi connectivity index (χ3n) is 4.68. The van der Waals surface area contributed by atoms with Gasteiger partial charge in [-0.1, -0.05) is 19.1 Å². The van der Waals surface area contributed by atoms with Crippen LogP contribution in [0.3, 0.4) is 0 Å². The van der Waals surface area contributed by atoms with E-state index in [1.807, 2.05) is 24.3 Å². The Morgan fingerprint density at radius 1 is 1.38 bits per heavy atom. The topological polar surface area (TPSA) is 55.8 Å². The van der Waals surface area contributed by atoms with E-state index in [2.05, 4.69) is 13.8 Å². The van der Waals surface area contributed by atoms with E-state index in [1.165, 1.54) is 0 Å². The van der Waals surface area contributed by atoms with Crippen molar-refractivity contribution < 1.29 is 19.4 Å². The first-order valence-corrected chi connectivity index (χ1v) is 7.43. The van der Waals surface area contributed by atoms with Gasteiger partial charge in [0.25, 0.3) is 0 Å². The molecule has 1 saturated heterocycles. The molecule has 0 unspecified atom stereocenters. The molecule has 1 fully saturated rings. The molecule has 1 aliphatic heterocycles. The van der Waals surface area contributed by atoms with Crippen molar-refractivity contribution in [2.45, 2.75) is 50.5 Å². The quantitative estimate of drug-likeness (QED) is 0.904. The van der Waals surface area contributed by atoms with Gasteiger partial charge < -0.3 is 14.6 Å². The van der Waals surface area contributed by atoms with E-state index >= 15 is 0 Å². The summed E-state index contributed by atoms with van der Waals surface area (Å²) in [7, 11) is 1.63. The minimum Gasteiger partial charge on any atom is -0.497 e. The first-order chi connectivity index (χ1) is 9.93. The molecule has 4 nitrogen and oxygen atoms in total. The summed E-state index contributed by atoms with van der Waals surface area (Å²) in [5, 5.41) is 9.37. The first kappa shape index (κ1) is 15.8. The fourth-order valence-corrected chi connectivity index (χ4v) is 3.31.